The second-order valence-electron chi connectivity index (χ2n) is 5.31. The van der Waals surface area contributed by atoms with E-state index in [2.05, 4.69) is 0 Å². The van der Waals surface area contributed by atoms with E-state index in [1.165, 1.54) is 31.2 Å². The van der Waals surface area contributed by atoms with E-state index in [4.69, 9.17) is 5.11 Å². The standard InChI is InChI=1S/C15H13N3O8S/c1-10-11(6-4-7-12(10)17(21)22)16(9-15(19)20)27(25,26)14-8-3-2-5-13(14)18(23)24/h2-8H,9H2,1H3,(H,19,20). The van der Waals surface area contributed by atoms with Gasteiger partial charge in [-0.05, 0) is 19.1 Å². The summed E-state index contributed by atoms with van der Waals surface area (Å²) in [6.45, 7) is 0.188. The van der Waals surface area contributed by atoms with Crippen LogP contribution in [0, 0.1) is 27.2 Å². The SMILES string of the molecule is Cc1c(N(CC(=O)O)S(=O)(=O)c2ccccc2[N+](=O)[O-])cccc1[N+](=O)[O-]. The lowest BCUT2D eigenvalue weighted by atomic mass is 10.1. The molecule has 2 aromatic rings. The van der Waals surface area contributed by atoms with Crippen LogP contribution in [-0.4, -0.2) is 35.9 Å². The summed E-state index contributed by atoms with van der Waals surface area (Å²) in [5.74, 6) is -1.54. The predicted octanol–water partition coefficient (Wildman–Crippen LogP) is 2.09. The Hall–Kier alpha value is -3.54. The number of nitrogens with zero attached hydrogens (tertiary/aromatic N) is 3. The van der Waals surface area contributed by atoms with E-state index in [1.54, 1.807) is 0 Å². The largest absolute Gasteiger partial charge is 0.480 e. The molecule has 0 atom stereocenters. The maximum atomic E-state index is 13.0. The Labute approximate surface area is 152 Å². The molecule has 27 heavy (non-hydrogen) atoms. The molecule has 12 heteroatoms. The van der Waals surface area contributed by atoms with Gasteiger partial charge in [0.1, 0.15) is 6.54 Å². The Morgan fingerprint density at radius 3 is 2.15 bits per heavy atom. The van der Waals surface area contributed by atoms with Crippen LogP contribution in [0.25, 0.3) is 0 Å². The third-order valence-electron chi connectivity index (χ3n) is 3.65. The van der Waals surface area contributed by atoms with Crippen molar-refractivity contribution in [1.82, 2.24) is 0 Å². The number of benzene rings is 2. The molecule has 0 spiro atoms. The van der Waals surface area contributed by atoms with Crippen molar-refractivity contribution in [3.63, 3.8) is 0 Å². The Morgan fingerprint density at radius 2 is 1.59 bits per heavy atom. The molecule has 1 N–H and O–H groups in total. The van der Waals surface area contributed by atoms with Crippen molar-refractivity contribution < 1.29 is 28.2 Å². The number of para-hydroxylation sites is 1. The summed E-state index contributed by atoms with van der Waals surface area (Å²) < 4.78 is 26.4. The maximum absolute atomic E-state index is 13.0. The molecular weight excluding hydrogens is 382 g/mol. The van der Waals surface area contributed by atoms with Gasteiger partial charge in [-0.3, -0.25) is 29.3 Å². The smallest absolute Gasteiger partial charge is 0.324 e. The van der Waals surface area contributed by atoms with Gasteiger partial charge in [0.15, 0.2) is 4.90 Å². The molecule has 0 aliphatic heterocycles. The number of nitro benzene ring substituents is 2. The summed E-state index contributed by atoms with van der Waals surface area (Å²) in [5, 5.41) is 31.4. The summed E-state index contributed by atoms with van der Waals surface area (Å²) in [6.07, 6.45) is 0. The number of hydrogen-bond donors (Lipinski definition) is 1. The van der Waals surface area contributed by atoms with Gasteiger partial charge in [0.25, 0.3) is 21.4 Å². The molecule has 142 valence electrons. The number of nitro groups is 2. The molecule has 0 aliphatic rings. The van der Waals surface area contributed by atoms with Crippen LogP contribution in [0.3, 0.4) is 0 Å². The number of carboxylic acids is 1. The van der Waals surface area contributed by atoms with Gasteiger partial charge in [0.05, 0.1) is 21.1 Å². The van der Waals surface area contributed by atoms with Crippen molar-refractivity contribution in [1.29, 1.82) is 0 Å². The fraction of sp³-hybridized carbons (Fsp3) is 0.133. The third-order valence-corrected chi connectivity index (χ3v) is 5.46. The highest BCUT2D eigenvalue weighted by Gasteiger charge is 2.34. The Morgan fingerprint density at radius 1 is 1.04 bits per heavy atom. The molecular formula is C15H13N3O8S. The average molecular weight is 395 g/mol. The highest BCUT2D eigenvalue weighted by atomic mass is 32.2. The van der Waals surface area contributed by atoms with Crippen LogP contribution in [0.4, 0.5) is 17.1 Å². The first-order valence-corrected chi connectivity index (χ1v) is 8.73. The van der Waals surface area contributed by atoms with Crippen molar-refractivity contribution in [2.75, 3.05) is 10.8 Å². The average Bonchev–Trinajstić information content (AvgIpc) is 2.59. The first-order valence-electron chi connectivity index (χ1n) is 7.29. The summed E-state index contributed by atoms with van der Waals surface area (Å²) in [6, 6.07) is 7.97. The monoisotopic (exact) mass is 395 g/mol. The predicted molar refractivity (Wildman–Crippen MR) is 93.1 cm³/mol. The highest BCUT2D eigenvalue weighted by Crippen LogP contribution is 2.34. The summed E-state index contributed by atoms with van der Waals surface area (Å²) in [5.41, 5.74) is -1.51. The van der Waals surface area contributed by atoms with Gasteiger partial charge < -0.3 is 5.11 Å². The number of sulfonamides is 1. The molecule has 2 aromatic carbocycles. The minimum atomic E-state index is -4.70. The molecule has 11 nitrogen and oxygen atoms in total. The van der Waals surface area contributed by atoms with E-state index in [0.717, 1.165) is 18.2 Å². The van der Waals surface area contributed by atoms with Gasteiger partial charge in [0.2, 0.25) is 0 Å². The minimum Gasteiger partial charge on any atom is -0.480 e. The van der Waals surface area contributed by atoms with E-state index in [0.29, 0.717) is 4.31 Å². The summed E-state index contributed by atoms with van der Waals surface area (Å²) in [4.78, 5) is 31.2. The number of carboxylic acid groups (broad SMARTS) is 1. The number of carbonyl (C=O) groups is 1. The highest BCUT2D eigenvalue weighted by molar-refractivity contribution is 7.93. The minimum absolute atomic E-state index is 0.0918. The Bertz CT molecular complexity index is 1040. The number of hydrogen-bond acceptors (Lipinski definition) is 7. The zero-order valence-corrected chi connectivity index (χ0v) is 14.6. The molecule has 0 radical (unpaired) electrons. The van der Waals surface area contributed by atoms with Crippen molar-refractivity contribution in [3.8, 4) is 0 Å². The molecule has 2 rings (SSSR count). The van der Waals surface area contributed by atoms with Crippen LogP contribution >= 0.6 is 0 Å². The van der Waals surface area contributed by atoms with Crippen molar-refractivity contribution >= 4 is 33.1 Å². The normalized spacial score (nSPS) is 11.0. The van der Waals surface area contributed by atoms with Crippen LogP contribution in [0.1, 0.15) is 5.56 Å². The molecule has 0 saturated carbocycles. The van der Waals surface area contributed by atoms with Crippen molar-refractivity contribution in [2.24, 2.45) is 0 Å². The van der Waals surface area contributed by atoms with Gasteiger partial charge in [-0.25, -0.2) is 8.42 Å². The Balaban J connectivity index is 2.76. The molecule has 0 amide bonds. The molecule has 0 unspecified atom stereocenters. The van der Waals surface area contributed by atoms with E-state index in [-0.39, 0.29) is 11.3 Å². The number of aliphatic carboxylic acids is 1. The first-order chi connectivity index (χ1) is 12.6. The summed E-state index contributed by atoms with van der Waals surface area (Å²) >= 11 is 0. The zero-order valence-electron chi connectivity index (χ0n) is 13.8. The maximum Gasteiger partial charge on any atom is 0.324 e. The lowest BCUT2D eigenvalue weighted by Gasteiger charge is -2.24. The zero-order chi connectivity index (χ0) is 20.4. The van der Waals surface area contributed by atoms with Crippen LogP contribution in [0.2, 0.25) is 0 Å². The van der Waals surface area contributed by atoms with Gasteiger partial charge in [-0.1, -0.05) is 18.2 Å². The van der Waals surface area contributed by atoms with Crippen LogP contribution in [0.15, 0.2) is 47.4 Å². The lowest BCUT2D eigenvalue weighted by molar-refractivity contribution is -0.387. The fourth-order valence-electron chi connectivity index (χ4n) is 2.45. The molecule has 0 bridgehead atoms. The van der Waals surface area contributed by atoms with Crippen LogP contribution in [-0.2, 0) is 14.8 Å². The topological polar surface area (TPSA) is 161 Å². The van der Waals surface area contributed by atoms with Gasteiger partial charge >= 0.3 is 5.97 Å². The van der Waals surface area contributed by atoms with Crippen molar-refractivity contribution in [2.45, 2.75) is 11.8 Å². The molecule has 0 aliphatic carbocycles. The molecule has 0 aromatic heterocycles. The van der Waals surface area contributed by atoms with E-state index in [1.807, 2.05) is 0 Å². The van der Waals surface area contributed by atoms with Gasteiger partial charge in [-0.2, -0.15) is 0 Å². The van der Waals surface area contributed by atoms with Crippen LogP contribution in [0.5, 0.6) is 0 Å². The van der Waals surface area contributed by atoms with Crippen molar-refractivity contribution in [3.05, 3.63) is 68.3 Å². The second-order valence-corrected chi connectivity index (χ2v) is 7.14. The van der Waals surface area contributed by atoms with Gasteiger partial charge in [-0.15, -0.1) is 0 Å². The third kappa shape index (κ3) is 3.84. The molecule has 0 fully saturated rings. The second kappa shape index (κ2) is 7.37. The molecule has 0 heterocycles. The number of rotatable bonds is 7. The first kappa shape index (κ1) is 19.8. The molecule has 0 saturated heterocycles. The van der Waals surface area contributed by atoms with E-state index in [9.17, 15) is 33.4 Å². The summed E-state index contributed by atoms with van der Waals surface area (Å²) in [7, 11) is -4.70. The lowest BCUT2D eigenvalue weighted by Crippen LogP contribution is -2.36. The van der Waals surface area contributed by atoms with Crippen LogP contribution < -0.4 is 4.31 Å². The Kier molecular flexibility index (Phi) is 5.40. The van der Waals surface area contributed by atoms with E-state index < -0.39 is 48.7 Å². The van der Waals surface area contributed by atoms with E-state index >= 15 is 0 Å². The van der Waals surface area contributed by atoms with Gasteiger partial charge in [0, 0.05) is 12.1 Å². The fourth-order valence-corrected chi connectivity index (χ4v) is 4.08. The quantitative estimate of drug-likeness (QED) is 0.550. The number of anilines is 1.